The summed E-state index contributed by atoms with van der Waals surface area (Å²) in [6.07, 6.45) is 4.05. The fraction of sp³-hybridized carbons (Fsp3) is 0.556. The number of thiophene rings is 1. The van der Waals surface area contributed by atoms with Crippen molar-refractivity contribution in [2.24, 2.45) is 0 Å². The van der Waals surface area contributed by atoms with Crippen LogP contribution in [0.5, 0.6) is 0 Å². The first-order valence-corrected chi connectivity index (χ1v) is 9.97. The third-order valence-electron chi connectivity index (χ3n) is 4.45. The van der Waals surface area contributed by atoms with Crippen LogP contribution in [0.3, 0.4) is 0 Å². The van der Waals surface area contributed by atoms with Gasteiger partial charge in [0.15, 0.2) is 0 Å². The van der Waals surface area contributed by atoms with E-state index in [1.54, 1.807) is 11.3 Å². The SMILES string of the molecule is CCC(=O)NC1CCCN(C(=O)CCCc2nc(-c3cccs3)no2)C1. The van der Waals surface area contributed by atoms with Crippen molar-refractivity contribution >= 4 is 23.2 Å². The Morgan fingerprint density at radius 2 is 2.35 bits per heavy atom. The molecule has 1 fully saturated rings. The average molecular weight is 376 g/mol. The average Bonchev–Trinajstić information content (AvgIpc) is 3.33. The highest BCUT2D eigenvalue weighted by Crippen LogP contribution is 2.21. The lowest BCUT2D eigenvalue weighted by atomic mass is 10.0. The second kappa shape index (κ2) is 8.93. The molecule has 7 nitrogen and oxygen atoms in total. The molecule has 2 aromatic rings. The molecule has 26 heavy (non-hydrogen) atoms. The van der Waals surface area contributed by atoms with E-state index in [-0.39, 0.29) is 17.9 Å². The summed E-state index contributed by atoms with van der Waals surface area (Å²) in [5, 5.41) is 8.94. The maximum absolute atomic E-state index is 12.4. The molecule has 1 atom stereocenters. The maximum atomic E-state index is 12.4. The lowest BCUT2D eigenvalue weighted by molar-refractivity contribution is -0.133. The first-order chi connectivity index (χ1) is 12.7. The summed E-state index contributed by atoms with van der Waals surface area (Å²) in [5.74, 6) is 1.33. The van der Waals surface area contributed by atoms with Crippen LogP contribution in [-0.2, 0) is 16.0 Å². The number of nitrogens with zero attached hydrogens (tertiary/aromatic N) is 3. The van der Waals surface area contributed by atoms with E-state index < -0.39 is 0 Å². The first kappa shape index (κ1) is 18.6. The van der Waals surface area contributed by atoms with Gasteiger partial charge in [-0.3, -0.25) is 9.59 Å². The van der Waals surface area contributed by atoms with Gasteiger partial charge in [0.1, 0.15) is 0 Å². The minimum atomic E-state index is 0.0437. The molecular formula is C18H24N4O3S. The number of nitrogens with one attached hydrogen (secondary N) is 1. The quantitative estimate of drug-likeness (QED) is 0.802. The van der Waals surface area contributed by atoms with Gasteiger partial charge in [0.25, 0.3) is 0 Å². The summed E-state index contributed by atoms with van der Waals surface area (Å²) in [6, 6.07) is 3.97. The number of hydrogen-bond acceptors (Lipinski definition) is 6. The van der Waals surface area contributed by atoms with Crippen LogP contribution in [0, 0.1) is 0 Å². The molecule has 140 valence electrons. The summed E-state index contributed by atoms with van der Waals surface area (Å²) in [7, 11) is 0. The molecule has 0 bridgehead atoms. The van der Waals surface area contributed by atoms with Gasteiger partial charge < -0.3 is 14.7 Å². The second-order valence-electron chi connectivity index (χ2n) is 6.44. The van der Waals surface area contributed by atoms with Gasteiger partial charge in [-0.1, -0.05) is 18.1 Å². The van der Waals surface area contributed by atoms with Crippen molar-refractivity contribution in [2.75, 3.05) is 13.1 Å². The molecule has 2 amide bonds. The fourth-order valence-electron chi connectivity index (χ4n) is 3.06. The Hall–Kier alpha value is -2.22. The van der Waals surface area contributed by atoms with E-state index in [0.717, 1.165) is 24.3 Å². The number of likely N-dealkylation sites (tertiary alicyclic amines) is 1. The lowest BCUT2D eigenvalue weighted by Gasteiger charge is -2.33. The molecule has 1 aliphatic rings. The highest BCUT2D eigenvalue weighted by Gasteiger charge is 2.24. The third kappa shape index (κ3) is 4.91. The highest BCUT2D eigenvalue weighted by molar-refractivity contribution is 7.13. The van der Waals surface area contributed by atoms with Crippen molar-refractivity contribution in [3.05, 3.63) is 23.4 Å². The van der Waals surface area contributed by atoms with Gasteiger partial charge in [0, 0.05) is 38.4 Å². The zero-order chi connectivity index (χ0) is 18.4. The normalized spacial score (nSPS) is 17.3. The molecular weight excluding hydrogens is 352 g/mol. The Kier molecular flexibility index (Phi) is 6.38. The van der Waals surface area contributed by atoms with E-state index in [1.807, 2.05) is 29.3 Å². The zero-order valence-electron chi connectivity index (χ0n) is 14.9. The van der Waals surface area contributed by atoms with Crippen LogP contribution in [0.4, 0.5) is 0 Å². The molecule has 0 radical (unpaired) electrons. The molecule has 0 saturated carbocycles. The Bertz CT molecular complexity index is 729. The van der Waals surface area contributed by atoms with Crippen LogP contribution in [0.1, 0.15) is 44.9 Å². The lowest BCUT2D eigenvalue weighted by Crippen LogP contribution is -2.49. The molecule has 1 N–H and O–H groups in total. The Morgan fingerprint density at radius 1 is 1.46 bits per heavy atom. The predicted molar refractivity (Wildman–Crippen MR) is 98.6 cm³/mol. The smallest absolute Gasteiger partial charge is 0.226 e. The van der Waals surface area contributed by atoms with E-state index in [1.165, 1.54) is 0 Å². The topological polar surface area (TPSA) is 88.3 Å². The van der Waals surface area contributed by atoms with Crippen LogP contribution < -0.4 is 5.32 Å². The zero-order valence-corrected chi connectivity index (χ0v) is 15.8. The van der Waals surface area contributed by atoms with Crippen molar-refractivity contribution in [1.82, 2.24) is 20.4 Å². The van der Waals surface area contributed by atoms with Crippen molar-refractivity contribution in [1.29, 1.82) is 0 Å². The van der Waals surface area contributed by atoms with Crippen LogP contribution in [0.25, 0.3) is 10.7 Å². The summed E-state index contributed by atoms with van der Waals surface area (Å²) in [6.45, 7) is 3.20. The number of aromatic nitrogens is 2. The van der Waals surface area contributed by atoms with Crippen LogP contribution in [0.2, 0.25) is 0 Å². The van der Waals surface area contributed by atoms with Crippen molar-refractivity contribution in [3.8, 4) is 10.7 Å². The summed E-state index contributed by atoms with van der Waals surface area (Å²) in [5.41, 5.74) is 0. The minimum absolute atomic E-state index is 0.0437. The minimum Gasteiger partial charge on any atom is -0.352 e. The Labute approximate surface area is 156 Å². The van der Waals surface area contributed by atoms with E-state index in [9.17, 15) is 9.59 Å². The van der Waals surface area contributed by atoms with Crippen molar-refractivity contribution in [2.45, 2.75) is 51.5 Å². The standard InChI is InChI=1S/C18H24N4O3S/c1-2-15(23)19-13-6-4-10-22(12-13)17(24)9-3-8-16-20-18(21-25-16)14-7-5-11-26-14/h5,7,11,13H,2-4,6,8-10,12H2,1H3,(H,19,23). The number of hydrogen-bond donors (Lipinski definition) is 1. The van der Waals surface area contributed by atoms with E-state index in [4.69, 9.17) is 4.52 Å². The molecule has 1 saturated heterocycles. The highest BCUT2D eigenvalue weighted by atomic mass is 32.1. The Morgan fingerprint density at radius 3 is 3.12 bits per heavy atom. The fourth-order valence-corrected chi connectivity index (χ4v) is 3.71. The number of aryl methyl sites for hydroxylation is 1. The van der Waals surface area contributed by atoms with Crippen LogP contribution in [-0.4, -0.2) is 46.0 Å². The van der Waals surface area contributed by atoms with Gasteiger partial charge in [-0.15, -0.1) is 11.3 Å². The van der Waals surface area contributed by atoms with Crippen molar-refractivity contribution < 1.29 is 14.1 Å². The number of amides is 2. The molecule has 1 aliphatic heterocycles. The summed E-state index contributed by atoms with van der Waals surface area (Å²) >= 11 is 1.57. The predicted octanol–water partition coefficient (Wildman–Crippen LogP) is 2.64. The first-order valence-electron chi connectivity index (χ1n) is 9.09. The van der Waals surface area contributed by atoms with Crippen molar-refractivity contribution in [3.63, 3.8) is 0 Å². The van der Waals surface area contributed by atoms with E-state index in [0.29, 0.717) is 43.9 Å². The summed E-state index contributed by atoms with van der Waals surface area (Å²) in [4.78, 5) is 31.2. The molecule has 3 heterocycles. The second-order valence-corrected chi connectivity index (χ2v) is 7.39. The monoisotopic (exact) mass is 376 g/mol. The number of rotatable bonds is 7. The molecule has 3 rings (SSSR count). The van der Waals surface area contributed by atoms with Gasteiger partial charge in [-0.05, 0) is 30.7 Å². The number of carbonyl (C=O) groups excluding carboxylic acids is 2. The van der Waals surface area contributed by atoms with Crippen LogP contribution >= 0.6 is 11.3 Å². The summed E-state index contributed by atoms with van der Waals surface area (Å²) < 4.78 is 5.26. The molecule has 0 spiro atoms. The van der Waals surface area contributed by atoms with Crippen LogP contribution in [0.15, 0.2) is 22.0 Å². The largest absolute Gasteiger partial charge is 0.352 e. The van der Waals surface area contributed by atoms with Gasteiger partial charge in [-0.2, -0.15) is 4.98 Å². The molecule has 8 heteroatoms. The van der Waals surface area contributed by atoms with E-state index in [2.05, 4.69) is 15.5 Å². The van der Waals surface area contributed by atoms with Gasteiger partial charge >= 0.3 is 0 Å². The molecule has 2 aromatic heterocycles. The maximum Gasteiger partial charge on any atom is 0.226 e. The number of piperidine rings is 1. The number of carbonyl (C=O) groups is 2. The van der Waals surface area contributed by atoms with Gasteiger partial charge in [0.05, 0.1) is 4.88 Å². The third-order valence-corrected chi connectivity index (χ3v) is 5.32. The van der Waals surface area contributed by atoms with Gasteiger partial charge in [0.2, 0.25) is 23.5 Å². The Balaban J connectivity index is 1.43. The molecule has 1 unspecified atom stereocenters. The van der Waals surface area contributed by atoms with Gasteiger partial charge in [-0.25, -0.2) is 0 Å². The molecule has 0 aliphatic carbocycles. The van der Waals surface area contributed by atoms with E-state index >= 15 is 0 Å². The molecule has 0 aromatic carbocycles.